The van der Waals surface area contributed by atoms with Gasteiger partial charge in [0.15, 0.2) is 0 Å². The first-order valence-electron chi connectivity index (χ1n) is 5.92. The number of benzene rings is 2. The molecular weight excluding hydrogens is 266 g/mol. The number of carbonyl (C=O) groups is 1. The smallest absolute Gasteiger partial charge is 0.335 e. The molecule has 0 spiro atoms. The third-order valence-corrected chi connectivity index (χ3v) is 2.93. The molecule has 0 aliphatic carbocycles. The minimum Gasteiger partial charge on any atom is -0.478 e. The molecule has 0 aromatic heterocycles. The van der Waals surface area contributed by atoms with Crippen molar-refractivity contribution in [2.24, 2.45) is 0 Å². The van der Waals surface area contributed by atoms with Crippen LogP contribution in [0.3, 0.4) is 0 Å². The maximum atomic E-state index is 13.1. The number of carboxylic acids is 1. The summed E-state index contributed by atoms with van der Waals surface area (Å²) in [5.74, 6) is -2.69. The molecule has 3 nitrogen and oxygen atoms in total. The summed E-state index contributed by atoms with van der Waals surface area (Å²) >= 11 is 0. The molecular formula is C15H12F2O3. The van der Waals surface area contributed by atoms with Gasteiger partial charge in [0.05, 0.1) is 11.7 Å². The van der Waals surface area contributed by atoms with Crippen molar-refractivity contribution in [3.05, 3.63) is 70.8 Å². The van der Waals surface area contributed by atoms with Crippen LogP contribution in [0.4, 0.5) is 8.78 Å². The zero-order valence-corrected chi connectivity index (χ0v) is 10.4. The molecule has 0 heterocycles. The Kier molecular flexibility index (Phi) is 4.10. The van der Waals surface area contributed by atoms with Crippen LogP contribution in [0, 0.1) is 11.6 Å². The predicted molar refractivity (Wildman–Crippen MR) is 68.4 cm³/mol. The first kappa shape index (κ1) is 14.1. The Hall–Kier alpha value is -2.27. The second-order valence-electron chi connectivity index (χ2n) is 4.39. The van der Waals surface area contributed by atoms with E-state index in [9.17, 15) is 18.7 Å². The third-order valence-electron chi connectivity index (χ3n) is 2.93. The van der Waals surface area contributed by atoms with E-state index in [0.717, 1.165) is 12.1 Å². The molecule has 0 radical (unpaired) electrons. The van der Waals surface area contributed by atoms with Gasteiger partial charge in [0.2, 0.25) is 0 Å². The largest absolute Gasteiger partial charge is 0.478 e. The summed E-state index contributed by atoms with van der Waals surface area (Å²) in [5.41, 5.74) is 0.531. The van der Waals surface area contributed by atoms with Gasteiger partial charge in [-0.05, 0) is 29.3 Å². The SMILES string of the molecule is O=C(O)c1ccccc1CC(O)c1cc(F)cc(F)c1. The fraction of sp³-hybridized carbons (Fsp3) is 0.133. The van der Waals surface area contributed by atoms with Gasteiger partial charge in [-0.25, -0.2) is 13.6 Å². The van der Waals surface area contributed by atoms with Gasteiger partial charge in [0, 0.05) is 12.5 Å². The normalized spacial score (nSPS) is 12.2. The molecule has 20 heavy (non-hydrogen) atoms. The summed E-state index contributed by atoms with van der Waals surface area (Å²) in [5, 5.41) is 19.0. The highest BCUT2D eigenvalue weighted by atomic mass is 19.1. The van der Waals surface area contributed by atoms with Crippen LogP contribution in [0.2, 0.25) is 0 Å². The van der Waals surface area contributed by atoms with Crippen molar-refractivity contribution in [2.75, 3.05) is 0 Å². The highest BCUT2D eigenvalue weighted by Gasteiger charge is 2.15. The lowest BCUT2D eigenvalue weighted by Gasteiger charge is -2.13. The minimum absolute atomic E-state index is 0.0363. The highest BCUT2D eigenvalue weighted by Crippen LogP contribution is 2.22. The van der Waals surface area contributed by atoms with Crippen LogP contribution in [0.25, 0.3) is 0 Å². The van der Waals surface area contributed by atoms with Crippen LogP contribution in [0.1, 0.15) is 27.6 Å². The lowest BCUT2D eigenvalue weighted by Crippen LogP contribution is -2.08. The maximum absolute atomic E-state index is 13.1. The Balaban J connectivity index is 2.28. The zero-order chi connectivity index (χ0) is 14.7. The van der Waals surface area contributed by atoms with Crippen molar-refractivity contribution in [2.45, 2.75) is 12.5 Å². The molecule has 0 saturated carbocycles. The van der Waals surface area contributed by atoms with Crippen molar-refractivity contribution in [1.29, 1.82) is 0 Å². The van der Waals surface area contributed by atoms with Gasteiger partial charge in [-0.3, -0.25) is 0 Å². The van der Waals surface area contributed by atoms with Gasteiger partial charge in [-0.2, -0.15) is 0 Å². The van der Waals surface area contributed by atoms with Crippen molar-refractivity contribution >= 4 is 5.97 Å². The summed E-state index contributed by atoms with van der Waals surface area (Å²) in [6.45, 7) is 0. The van der Waals surface area contributed by atoms with E-state index in [4.69, 9.17) is 5.11 Å². The van der Waals surface area contributed by atoms with Gasteiger partial charge < -0.3 is 10.2 Å². The van der Waals surface area contributed by atoms with E-state index in [2.05, 4.69) is 0 Å². The van der Waals surface area contributed by atoms with Crippen molar-refractivity contribution in [1.82, 2.24) is 0 Å². The van der Waals surface area contributed by atoms with E-state index in [1.807, 2.05) is 0 Å². The van der Waals surface area contributed by atoms with Crippen LogP contribution in [0.5, 0.6) is 0 Å². The number of carboxylic acid groups (broad SMARTS) is 1. The second kappa shape index (κ2) is 5.79. The third kappa shape index (κ3) is 3.19. The molecule has 0 bridgehead atoms. The van der Waals surface area contributed by atoms with Crippen LogP contribution in [-0.2, 0) is 6.42 Å². The van der Waals surface area contributed by atoms with E-state index < -0.39 is 23.7 Å². The number of rotatable bonds is 4. The first-order valence-corrected chi connectivity index (χ1v) is 5.92. The van der Waals surface area contributed by atoms with Crippen LogP contribution >= 0.6 is 0 Å². The zero-order valence-electron chi connectivity index (χ0n) is 10.4. The molecule has 2 aromatic rings. The lowest BCUT2D eigenvalue weighted by molar-refractivity contribution is 0.0694. The Bertz CT molecular complexity index is 621. The molecule has 2 rings (SSSR count). The van der Waals surface area contributed by atoms with Gasteiger partial charge in [-0.15, -0.1) is 0 Å². The fourth-order valence-electron chi connectivity index (χ4n) is 2.00. The number of hydrogen-bond acceptors (Lipinski definition) is 2. The molecule has 2 N–H and O–H groups in total. The quantitative estimate of drug-likeness (QED) is 0.904. The number of aliphatic hydroxyl groups is 1. The van der Waals surface area contributed by atoms with Crippen molar-refractivity contribution in [3.63, 3.8) is 0 Å². The second-order valence-corrected chi connectivity index (χ2v) is 4.39. The average Bonchev–Trinajstić information content (AvgIpc) is 2.37. The van der Waals surface area contributed by atoms with Crippen molar-refractivity contribution < 1.29 is 23.8 Å². The number of halogens is 2. The molecule has 0 aliphatic rings. The molecule has 2 aromatic carbocycles. The first-order chi connectivity index (χ1) is 9.47. The van der Waals surface area contributed by atoms with Gasteiger partial charge >= 0.3 is 5.97 Å². The summed E-state index contributed by atoms with van der Waals surface area (Å²) in [7, 11) is 0. The van der Waals surface area contributed by atoms with E-state index in [1.54, 1.807) is 18.2 Å². The molecule has 104 valence electrons. The Morgan fingerprint density at radius 3 is 2.30 bits per heavy atom. The summed E-state index contributed by atoms with van der Waals surface area (Å²) in [4.78, 5) is 11.0. The van der Waals surface area contributed by atoms with Gasteiger partial charge in [0.25, 0.3) is 0 Å². The highest BCUT2D eigenvalue weighted by molar-refractivity contribution is 5.89. The van der Waals surface area contributed by atoms with E-state index in [-0.39, 0.29) is 17.5 Å². The summed E-state index contributed by atoms with van der Waals surface area (Å²) in [6, 6.07) is 8.94. The Morgan fingerprint density at radius 1 is 1.10 bits per heavy atom. The molecule has 0 saturated heterocycles. The topological polar surface area (TPSA) is 57.5 Å². The van der Waals surface area contributed by atoms with E-state index in [1.165, 1.54) is 6.07 Å². The molecule has 0 amide bonds. The number of aromatic carboxylic acids is 1. The number of hydrogen-bond donors (Lipinski definition) is 2. The van der Waals surface area contributed by atoms with Gasteiger partial charge in [0.1, 0.15) is 11.6 Å². The maximum Gasteiger partial charge on any atom is 0.335 e. The molecule has 1 atom stereocenters. The van der Waals surface area contributed by atoms with Crippen LogP contribution < -0.4 is 0 Å². The average molecular weight is 278 g/mol. The summed E-state index contributed by atoms with van der Waals surface area (Å²) in [6.07, 6.45) is -1.22. The fourth-order valence-corrected chi connectivity index (χ4v) is 2.00. The standard InChI is InChI=1S/C15H12F2O3/c16-11-5-10(6-12(17)8-11)14(18)7-9-3-1-2-4-13(9)15(19)20/h1-6,8,14,18H,7H2,(H,19,20). The van der Waals surface area contributed by atoms with Crippen LogP contribution in [-0.4, -0.2) is 16.2 Å². The van der Waals surface area contributed by atoms with E-state index >= 15 is 0 Å². The summed E-state index contributed by atoms with van der Waals surface area (Å²) < 4.78 is 26.2. The van der Waals surface area contributed by atoms with E-state index in [0.29, 0.717) is 11.6 Å². The number of aliphatic hydroxyl groups excluding tert-OH is 1. The van der Waals surface area contributed by atoms with Crippen molar-refractivity contribution in [3.8, 4) is 0 Å². The molecule has 0 aliphatic heterocycles. The van der Waals surface area contributed by atoms with Crippen LogP contribution in [0.15, 0.2) is 42.5 Å². The van der Waals surface area contributed by atoms with Gasteiger partial charge in [-0.1, -0.05) is 18.2 Å². The minimum atomic E-state index is -1.18. The predicted octanol–water partition coefficient (Wildman–Crippen LogP) is 2.94. The Labute approximate surface area is 114 Å². The molecule has 0 fully saturated rings. The Morgan fingerprint density at radius 2 is 1.70 bits per heavy atom. The monoisotopic (exact) mass is 278 g/mol. The molecule has 5 heteroatoms. The lowest BCUT2D eigenvalue weighted by atomic mass is 9.97. The molecule has 1 unspecified atom stereocenters.